The second-order valence-corrected chi connectivity index (χ2v) is 9.39. The molecule has 1 aliphatic rings. The van der Waals surface area contributed by atoms with Gasteiger partial charge < -0.3 is 24.2 Å². The molecular formula is C31H33NO6. The summed E-state index contributed by atoms with van der Waals surface area (Å²) in [7, 11) is 3.17. The quantitative estimate of drug-likeness (QED) is 0.219. The minimum Gasteiger partial charge on any atom is -0.507 e. The van der Waals surface area contributed by atoms with Gasteiger partial charge >= 0.3 is 0 Å². The molecule has 0 aliphatic carbocycles. The van der Waals surface area contributed by atoms with Crippen molar-refractivity contribution < 1.29 is 28.9 Å². The van der Waals surface area contributed by atoms with Crippen LogP contribution in [0.1, 0.15) is 55.0 Å². The zero-order valence-corrected chi connectivity index (χ0v) is 22.4. The van der Waals surface area contributed by atoms with Crippen molar-refractivity contribution in [1.82, 2.24) is 4.90 Å². The number of aliphatic hydroxyl groups is 1. The molecule has 1 fully saturated rings. The fraction of sp³-hybridized carbons (Fsp3) is 0.290. The molecule has 3 aromatic carbocycles. The van der Waals surface area contributed by atoms with Gasteiger partial charge in [-0.3, -0.25) is 9.59 Å². The van der Waals surface area contributed by atoms with Crippen molar-refractivity contribution in [3.05, 3.63) is 94.6 Å². The van der Waals surface area contributed by atoms with Gasteiger partial charge in [-0.2, -0.15) is 0 Å². The van der Waals surface area contributed by atoms with Crippen LogP contribution >= 0.6 is 0 Å². The maximum atomic E-state index is 13.5. The van der Waals surface area contributed by atoms with Crippen molar-refractivity contribution >= 4 is 17.4 Å². The Hall–Kier alpha value is -4.26. The average Bonchev–Trinajstić information content (AvgIpc) is 3.17. The van der Waals surface area contributed by atoms with E-state index in [9.17, 15) is 14.7 Å². The lowest BCUT2D eigenvalue weighted by atomic mass is 9.93. The molecule has 0 radical (unpaired) electrons. The second kappa shape index (κ2) is 11.4. The summed E-state index contributed by atoms with van der Waals surface area (Å²) >= 11 is 0. The Labute approximate surface area is 223 Å². The molecule has 0 saturated carbocycles. The minimum absolute atomic E-state index is 0.0426. The molecule has 1 amide bonds. The van der Waals surface area contributed by atoms with Gasteiger partial charge in [-0.05, 0) is 72.0 Å². The zero-order chi connectivity index (χ0) is 27.4. The number of hydrogen-bond acceptors (Lipinski definition) is 6. The Kier molecular flexibility index (Phi) is 8.05. The maximum Gasteiger partial charge on any atom is 0.295 e. The van der Waals surface area contributed by atoms with Gasteiger partial charge in [0.05, 0.1) is 32.4 Å². The lowest BCUT2D eigenvalue weighted by molar-refractivity contribution is -0.140. The van der Waals surface area contributed by atoms with Gasteiger partial charge in [0.2, 0.25) is 0 Å². The molecule has 38 heavy (non-hydrogen) atoms. The zero-order valence-electron chi connectivity index (χ0n) is 22.4. The first-order chi connectivity index (χ1) is 18.3. The summed E-state index contributed by atoms with van der Waals surface area (Å²) in [5, 5.41) is 11.5. The van der Waals surface area contributed by atoms with E-state index in [1.807, 2.05) is 51.1 Å². The Morgan fingerprint density at radius 2 is 1.68 bits per heavy atom. The number of aliphatic hydroxyl groups excluding tert-OH is 1. The fourth-order valence-corrected chi connectivity index (χ4v) is 4.76. The van der Waals surface area contributed by atoms with Crippen LogP contribution in [0.25, 0.3) is 5.76 Å². The van der Waals surface area contributed by atoms with E-state index in [-0.39, 0.29) is 23.8 Å². The summed E-state index contributed by atoms with van der Waals surface area (Å²) in [5.74, 6) is 0.513. The van der Waals surface area contributed by atoms with Crippen LogP contribution in [-0.2, 0) is 16.1 Å². The molecule has 198 valence electrons. The van der Waals surface area contributed by atoms with Gasteiger partial charge in [0.25, 0.3) is 11.7 Å². The summed E-state index contributed by atoms with van der Waals surface area (Å²) in [4.78, 5) is 28.4. The van der Waals surface area contributed by atoms with Crippen LogP contribution in [0.2, 0.25) is 0 Å². The smallest absolute Gasteiger partial charge is 0.295 e. The monoisotopic (exact) mass is 515 g/mol. The highest BCUT2D eigenvalue weighted by molar-refractivity contribution is 6.46. The molecule has 4 rings (SSSR count). The number of Topliss-reactive ketones (excluding diaryl/α,β-unsaturated/α-hetero) is 1. The topological polar surface area (TPSA) is 85.3 Å². The molecular weight excluding hydrogens is 482 g/mol. The number of carbonyl (C=O) groups is 2. The first kappa shape index (κ1) is 26.8. The third-order valence-corrected chi connectivity index (χ3v) is 6.66. The van der Waals surface area contributed by atoms with E-state index in [4.69, 9.17) is 14.2 Å². The molecule has 3 aromatic rings. The van der Waals surface area contributed by atoms with Crippen molar-refractivity contribution in [2.24, 2.45) is 0 Å². The second-order valence-electron chi connectivity index (χ2n) is 9.39. The van der Waals surface area contributed by atoms with Crippen LogP contribution in [0.3, 0.4) is 0 Å². The third kappa shape index (κ3) is 5.23. The molecule has 1 saturated heterocycles. The largest absolute Gasteiger partial charge is 0.507 e. The van der Waals surface area contributed by atoms with E-state index in [1.54, 1.807) is 50.6 Å². The van der Waals surface area contributed by atoms with E-state index in [1.165, 1.54) is 4.90 Å². The molecule has 0 bridgehead atoms. The van der Waals surface area contributed by atoms with Crippen molar-refractivity contribution in [1.29, 1.82) is 0 Å². The van der Waals surface area contributed by atoms with E-state index >= 15 is 0 Å². The molecule has 1 aliphatic heterocycles. The number of benzene rings is 3. The normalized spacial score (nSPS) is 16.7. The third-order valence-electron chi connectivity index (χ3n) is 6.66. The summed E-state index contributed by atoms with van der Waals surface area (Å²) in [6.07, 6.45) is 0. The minimum atomic E-state index is -0.791. The molecule has 7 heteroatoms. The van der Waals surface area contributed by atoms with E-state index < -0.39 is 17.7 Å². The Morgan fingerprint density at radius 3 is 2.32 bits per heavy atom. The number of nitrogens with zero attached hydrogens (tertiary/aromatic N) is 1. The molecule has 1 unspecified atom stereocenters. The number of rotatable bonds is 9. The highest BCUT2D eigenvalue weighted by Crippen LogP contribution is 2.41. The van der Waals surface area contributed by atoms with Gasteiger partial charge in [0, 0.05) is 12.1 Å². The molecule has 1 N–H and O–H groups in total. The predicted octanol–water partition coefficient (Wildman–Crippen LogP) is 5.85. The number of hydrogen-bond donors (Lipinski definition) is 1. The van der Waals surface area contributed by atoms with Gasteiger partial charge in [0.1, 0.15) is 23.0 Å². The first-order valence-electron chi connectivity index (χ1n) is 12.6. The summed E-state index contributed by atoms with van der Waals surface area (Å²) in [6, 6.07) is 19.1. The lowest BCUT2D eigenvalue weighted by Crippen LogP contribution is -2.29. The van der Waals surface area contributed by atoms with Gasteiger partial charge in [-0.25, -0.2) is 0 Å². The molecule has 0 aromatic heterocycles. The first-order valence-corrected chi connectivity index (χ1v) is 12.6. The van der Waals surface area contributed by atoms with Gasteiger partial charge in [-0.1, -0.05) is 38.1 Å². The Bertz CT molecular complexity index is 1360. The van der Waals surface area contributed by atoms with Crippen LogP contribution in [0.5, 0.6) is 17.2 Å². The molecule has 7 nitrogen and oxygen atoms in total. The van der Waals surface area contributed by atoms with E-state index in [2.05, 4.69) is 0 Å². The van der Waals surface area contributed by atoms with Crippen LogP contribution in [0, 0.1) is 0 Å². The number of ether oxygens (including phenoxy) is 3. The number of amides is 1. The Balaban J connectivity index is 1.85. The Morgan fingerprint density at radius 1 is 0.947 bits per heavy atom. The average molecular weight is 516 g/mol. The summed E-state index contributed by atoms with van der Waals surface area (Å²) < 4.78 is 16.4. The molecule has 0 spiro atoms. The number of ketones is 1. The number of carbonyl (C=O) groups excluding carboxylic acids is 2. The van der Waals surface area contributed by atoms with Crippen LogP contribution in [0.4, 0.5) is 0 Å². The van der Waals surface area contributed by atoms with Crippen LogP contribution < -0.4 is 14.2 Å². The molecule has 1 atom stereocenters. The summed E-state index contributed by atoms with van der Waals surface area (Å²) in [6.45, 7) is 6.63. The summed E-state index contributed by atoms with van der Waals surface area (Å²) in [5.41, 5.74) is 2.87. The highest BCUT2D eigenvalue weighted by atomic mass is 16.5. The van der Waals surface area contributed by atoms with Crippen molar-refractivity contribution in [2.45, 2.75) is 39.3 Å². The van der Waals surface area contributed by atoms with Crippen molar-refractivity contribution in [3.63, 3.8) is 0 Å². The SMILES string of the molecule is CCOc1cccc(CN2C(=O)C(=O)/C(=C(\O)c3ccc(OC)c(C(C)C)c3)C2c2ccc(OC)cc2)c1. The maximum absolute atomic E-state index is 13.5. The number of methoxy groups -OCH3 is 2. The highest BCUT2D eigenvalue weighted by Gasteiger charge is 2.46. The van der Waals surface area contributed by atoms with Crippen LogP contribution in [-0.4, -0.2) is 42.5 Å². The fourth-order valence-electron chi connectivity index (χ4n) is 4.76. The van der Waals surface area contributed by atoms with Crippen LogP contribution in [0.15, 0.2) is 72.3 Å². The van der Waals surface area contributed by atoms with Gasteiger partial charge in [-0.15, -0.1) is 0 Å². The van der Waals surface area contributed by atoms with Crippen molar-refractivity contribution in [3.8, 4) is 17.2 Å². The van der Waals surface area contributed by atoms with E-state index in [0.717, 1.165) is 11.1 Å². The number of likely N-dealkylation sites (tertiary alicyclic amines) is 1. The van der Waals surface area contributed by atoms with E-state index in [0.29, 0.717) is 35.0 Å². The molecule has 1 heterocycles. The lowest BCUT2D eigenvalue weighted by Gasteiger charge is -2.26. The van der Waals surface area contributed by atoms with Crippen molar-refractivity contribution in [2.75, 3.05) is 20.8 Å². The van der Waals surface area contributed by atoms with Gasteiger partial charge in [0.15, 0.2) is 0 Å². The predicted molar refractivity (Wildman–Crippen MR) is 146 cm³/mol. The standard InChI is InChI=1S/C31H33NO6/c1-6-38-24-9-7-8-20(16-24)18-32-28(21-10-13-23(36-4)14-11-21)27(30(34)31(32)35)29(33)22-12-15-26(37-5)25(17-22)19(2)3/h7-17,19,28,33H,6,18H2,1-5H3/b29-27-.